The third-order valence-electron chi connectivity index (χ3n) is 5.13. The van der Waals surface area contributed by atoms with E-state index in [9.17, 15) is 15.0 Å². The summed E-state index contributed by atoms with van der Waals surface area (Å²) in [4.78, 5) is 20.5. The average molecular weight is 343 g/mol. The van der Waals surface area contributed by atoms with Gasteiger partial charge in [-0.25, -0.2) is 4.79 Å². The van der Waals surface area contributed by atoms with Crippen LogP contribution in [0.2, 0.25) is 0 Å². The van der Waals surface area contributed by atoms with Crippen LogP contribution in [0.1, 0.15) is 16.8 Å². The smallest absolute Gasteiger partial charge is 0.336 e. The zero-order valence-electron chi connectivity index (χ0n) is 13.9. The normalized spacial score (nSPS) is 21.8. The predicted octanol–water partition coefficient (Wildman–Crippen LogP) is 1.55. The van der Waals surface area contributed by atoms with Crippen molar-refractivity contribution in [1.29, 1.82) is 0 Å². The molecular weight excluding hydrogens is 322 g/mol. The van der Waals surface area contributed by atoms with Gasteiger partial charge in [0.1, 0.15) is 11.3 Å². The molecule has 0 radical (unpaired) electrons. The van der Waals surface area contributed by atoms with Gasteiger partial charge in [0.15, 0.2) is 0 Å². The van der Waals surface area contributed by atoms with Gasteiger partial charge in [0, 0.05) is 37.6 Å². The molecule has 2 saturated heterocycles. The molecule has 1 aromatic carbocycles. The van der Waals surface area contributed by atoms with Crippen LogP contribution in [0, 0.1) is 0 Å². The van der Waals surface area contributed by atoms with E-state index in [4.69, 9.17) is 4.74 Å². The first kappa shape index (κ1) is 16.1. The number of carboxylic acids is 1. The van der Waals surface area contributed by atoms with E-state index in [0.717, 1.165) is 51.5 Å². The fourth-order valence-corrected chi connectivity index (χ4v) is 3.77. The number of phenols is 1. The lowest BCUT2D eigenvalue weighted by Gasteiger charge is -2.32. The van der Waals surface area contributed by atoms with Crippen molar-refractivity contribution in [3.8, 4) is 5.75 Å². The van der Waals surface area contributed by atoms with Gasteiger partial charge in [0.25, 0.3) is 0 Å². The van der Waals surface area contributed by atoms with E-state index in [1.165, 1.54) is 12.1 Å². The molecule has 132 valence electrons. The lowest BCUT2D eigenvalue weighted by atomic mass is 10.1. The Morgan fingerprint density at radius 2 is 2.04 bits per heavy atom. The average Bonchev–Trinajstić information content (AvgIpc) is 3.12. The molecule has 2 aliphatic rings. The van der Waals surface area contributed by atoms with Gasteiger partial charge in [-0.15, -0.1) is 0 Å². The number of ether oxygens (including phenoxy) is 1. The maximum atomic E-state index is 11.5. The van der Waals surface area contributed by atoms with Crippen molar-refractivity contribution in [1.82, 2.24) is 9.88 Å². The monoisotopic (exact) mass is 343 g/mol. The number of phenolic OH excluding ortho intramolecular Hbond substituents is 1. The molecular formula is C18H21N3O4. The van der Waals surface area contributed by atoms with Crippen molar-refractivity contribution in [2.45, 2.75) is 12.5 Å². The molecule has 0 aliphatic carbocycles. The van der Waals surface area contributed by atoms with Crippen LogP contribution in [-0.2, 0) is 4.74 Å². The van der Waals surface area contributed by atoms with Crippen LogP contribution >= 0.6 is 0 Å². The SMILES string of the molecule is O=C(O)c1ccc(O)c2ncc(N3CCC(N4CCOCC4)C3)cc12. The Balaban J connectivity index is 1.61. The second-order valence-electron chi connectivity index (χ2n) is 6.56. The van der Waals surface area contributed by atoms with Crippen molar-refractivity contribution < 1.29 is 19.7 Å². The van der Waals surface area contributed by atoms with Crippen LogP contribution in [0.4, 0.5) is 5.69 Å². The number of benzene rings is 1. The largest absolute Gasteiger partial charge is 0.506 e. The lowest BCUT2D eigenvalue weighted by Crippen LogP contribution is -2.44. The van der Waals surface area contributed by atoms with E-state index in [2.05, 4.69) is 14.8 Å². The topological polar surface area (TPSA) is 86.1 Å². The highest BCUT2D eigenvalue weighted by Crippen LogP contribution is 2.31. The van der Waals surface area contributed by atoms with Gasteiger partial charge in [0.05, 0.1) is 30.7 Å². The molecule has 2 aliphatic heterocycles. The van der Waals surface area contributed by atoms with Gasteiger partial charge >= 0.3 is 5.97 Å². The Morgan fingerprint density at radius 3 is 2.80 bits per heavy atom. The number of aromatic carboxylic acids is 1. The van der Waals surface area contributed by atoms with Crippen LogP contribution in [-0.4, -0.2) is 71.5 Å². The molecule has 2 N–H and O–H groups in total. The number of anilines is 1. The Morgan fingerprint density at radius 1 is 1.24 bits per heavy atom. The summed E-state index contributed by atoms with van der Waals surface area (Å²) in [7, 11) is 0. The second kappa shape index (κ2) is 6.50. The predicted molar refractivity (Wildman–Crippen MR) is 93.4 cm³/mol. The molecule has 4 rings (SSSR count). The molecule has 7 nitrogen and oxygen atoms in total. The molecule has 2 fully saturated rings. The van der Waals surface area contributed by atoms with Crippen LogP contribution in [0.3, 0.4) is 0 Å². The molecule has 1 atom stereocenters. The quantitative estimate of drug-likeness (QED) is 0.874. The number of aromatic hydroxyl groups is 1. The first-order valence-electron chi connectivity index (χ1n) is 8.55. The number of pyridine rings is 1. The van der Waals surface area contributed by atoms with Crippen LogP contribution in [0.5, 0.6) is 5.75 Å². The van der Waals surface area contributed by atoms with Crippen molar-refractivity contribution in [2.24, 2.45) is 0 Å². The lowest BCUT2D eigenvalue weighted by molar-refractivity contribution is 0.0209. The highest BCUT2D eigenvalue weighted by Gasteiger charge is 2.29. The third-order valence-corrected chi connectivity index (χ3v) is 5.13. The van der Waals surface area contributed by atoms with E-state index in [0.29, 0.717) is 16.9 Å². The zero-order chi connectivity index (χ0) is 17.4. The molecule has 1 unspecified atom stereocenters. The summed E-state index contributed by atoms with van der Waals surface area (Å²) < 4.78 is 5.42. The van der Waals surface area contributed by atoms with E-state index < -0.39 is 5.97 Å². The maximum absolute atomic E-state index is 11.5. The fourth-order valence-electron chi connectivity index (χ4n) is 3.77. The minimum atomic E-state index is -1.02. The summed E-state index contributed by atoms with van der Waals surface area (Å²) in [6.45, 7) is 5.31. The molecule has 1 aromatic heterocycles. The van der Waals surface area contributed by atoms with E-state index in [1.807, 2.05) is 6.07 Å². The summed E-state index contributed by atoms with van der Waals surface area (Å²) in [5.41, 5.74) is 1.38. The third kappa shape index (κ3) is 3.01. The van der Waals surface area contributed by atoms with E-state index in [1.54, 1.807) is 6.20 Å². The fraction of sp³-hybridized carbons (Fsp3) is 0.444. The number of rotatable bonds is 3. The summed E-state index contributed by atoms with van der Waals surface area (Å²) in [5.74, 6) is -1.02. The first-order chi connectivity index (χ1) is 12.1. The van der Waals surface area contributed by atoms with Gasteiger partial charge in [-0.2, -0.15) is 0 Å². The highest BCUT2D eigenvalue weighted by atomic mass is 16.5. The molecule has 3 heterocycles. The van der Waals surface area contributed by atoms with E-state index >= 15 is 0 Å². The number of hydrogen-bond donors (Lipinski definition) is 2. The van der Waals surface area contributed by atoms with Crippen LogP contribution in [0.25, 0.3) is 10.9 Å². The molecule has 0 bridgehead atoms. The number of carboxylic acid groups (broad SMARTS) is 1. The van der Waals surface area contributed by atoms with Gasteiger partial charge in [0.2, 0.25) is 0 Å². The van der Waals surface area contributed by atoms with Gasteiger partial charge in [-0.05, 0) is 24.6 Å². The first-order valence-corrected chi connectivity index (χ1v) is 8.55. The number of aromatic nitrogens is 1. The Hall–Kier alpha value is -2.38. The number of carbonyl (C=O) groups is 1. The van der Waals surface area contributed by atoms with Crippen molar-refractivity contribution >= 4 is 22.6 Å². The standard InChI is InChI=1S/C18H21N3O4/c22-16-2-1-14(18(23)24)15-9-13(10-19-17(15)16)21-4-3-12(11-21)20-5-7-25-8-6-20/h1-2,9-10,12,22H,3-8,11H2,(H,23,24). The van der Waals surface area contributed by atoms with Gasteiger partial charge in [-0.1, -0.05) is 0 Å². The minimum Gasteiger partial charge on any atom is -0.506 e. The summed E-state index contributed by atoms with van der Waals surface area (Å²) in [5, 5.41) is 19.8. The summed E-state index contributed by atoms with van der Waals surface area (Å²) >= 11 is 0. The van der Waals surface area contributed by atoms with Crippen molar-refractivity contribution in [2.75, 3.05) is 44.3 Å². The number of morpholine rings is 1. The minimum absolute atomic E-state index is 0.000773. The molecule has 0 spiro atoms. The molecule has 25 heavy (non-hydrogen) atoms. The van der Waals surface area contributed by atoms with E-state index in [-0.39, 0.29) is 11.3 Å². The maximum Gasteiger partial charge on any atom is 0.336 e. The van der Waals surface area contributed by atoms with Crippen molar-refractivity contribution in [3.05, 3.63) is 30.0 Å². The van der Waals surface area contributed by atoms with Gasteiger partial charge < -0.3 is 19.8 Å². The molecule has 0 saturated carbocycles. The number of hydrogen-bond acceptors (Lipinski definition) is 6. The summed E-state index contributed by atoms with van der Waals surface area (Å²) in [6.07, 6.45) is 2.79. The van der Waals surface area contributed by atoms with Crippen LogP contribution in [0.15, 0.2) is 24.4 Å². The Kier molecular flexibility index (Phi) is 4.19. The summed E-state index contributed by atoms with van der Waals surface area (Å²) in [6, 6.07) is 5.12. The van der Waals surface area contributed by atoms with Gasteiger partial charge in [-0.3, -0.25) is 9.88 Å². The molecule has 2 aromatic rings. The van der Waals surface area contributed by atoms with Crippen LogP contribution < -0.4 is 4.90 Å². The number of nitrogens with zero attached hydrogens (tertiary/aromatic N) is 3. The van der Waals surface area contributed by atoms with Crippen molar-refractivity contribution in [3.63, 3.8) is 0 Å². The zero-order valence-corrected chi connectivity index (χ0v) is 13.9. The molecule has 7 heteroatoms. The molecule has 0 amide bonds. The second-order valence-corrected chi connectivity index (χ2v) is 6.56. The Bertz CT molecular complexity index is 804. The number of fused-ring (bicyclic) bond motifs is 1. The Labute approximate surface area is 145 Å². The highest BCUT2D eigenvalue weighted by molar-refractivity contribution is 6.05.